The minimum Gasteiger partial charge on any atom is -0.387 e. The third kappa shape index (κ3) is 2.22. The average Bonchev–Trinajstić information content (AvgIpc) is 2.14. The lowest BCUT2D eigenvalue weighted by molar-refractivity contribution is -0.144. The molecule has 0 spiro atoms. The van der Waals surface area contributed by atoms with Gasteiger partial charge >= 0.3 is 0 Å². The number of hydrogen-bond acceptors (Lipinski definition) is 3. The molecule has 0 rings (SSSR count). The van der Waals surface area contributed by atoms with Crippen LogP contribution in [-0.4, -0.2) is 30.5 Å². The maximum absolute atomic E-state index is 10.3. The number of aliphatic hydroxyl groups is 1. The Kier molecular flexibility index (Phi) is 4.36. The van der Waals surface area contributed by atoms with Crippen molar-refractivity contribution in [3.05, 3.63) is 0 Å². The smallest absolute Gasteiger partial charge is 0.0942 e. The summed E-state index contributed by atoms with van der Waals surface area (Å²) in [4.78, 5) is 0. The number of nitrogens with two attached hydrogens (primary N) is 1. The van der Waals surface area contributed by atoms with Crippen LogP contribution < -0.4 is 5.73 Å². The van der Waals surface area contributed by atoms with Crippen LogP contribution in [0.1, 0.15) is 34.1 Å². The van der Waals surface area contributed by atoms with E-state index in [4.69, 9.17) is 10.5 Å². The Morgan fingerprint density at radius 1 is 1.46 bits per heavy atom. The Morgan fingerprint density at radius 2 is 1.92 bits per heavy atom. The van der Waals surface area contributed by atoms with Crippen molar-refractivity contribution in [1.29, 1.82) is 0 Å². The van der Waals surface area contributed by atoms with E-state index in [0.717, 1.165) is 6.42 Å². The zero-order chi connectivity index (χ0) is 10.7. The second kappa shape index (κ2) is 4.40. The van der Waals surface area contributed by atoms with Gasteiger partial charge in [-0.25, -0.2) is 0 Å². The van der Waals surface area contributed by atoms with Gasteiger partial charge in [0.2, 0.25) is 0 Å². The van der Waals surface area contributed by atoms with Gasteiger partial charge in [0.25, 0.3) is 0 Å². The van der Waals surface area contributed by atoms with Crippen LogP contribution in [0.15, 0.2) is 0 Å². The lowest BCUT2D eigenvalue weighted by Crippen LogP contribution is -2.55. The highest BCUT2D eigenvalue weighted by atomic mass is 16.5. The van der Waals surface area contributed by atoms with Crippen molar-refractivity contribution >= 4 is 0 Å². The van der Waals surface area contributed by atoms with Crippen molar-refractivity contribution in [1.82, 2.24) is 0 Å². The van der Waals surface area contributed by atoms with E-state index < -0.39 is 5.60 Å². The molecule has 0 aliphatic rings. The van der Waals surface area contributed by atoms with Crippen LogP contribution in [0.3, 0.4) is 0 Å². The Balaban J connectivity index is 4.76. The average molecular weight is 189 g/mol. The van der Waals surface area contributed by atoms with Gasteiger partial charge in [-0.1, -0.05) is 13.8 Å². The van der Waals surface area contributed by atoms with Crippen LogP contribution in [0.2, 0.25) is 0 Å². The predicted octanol–water partition coefficient (Wildman–Crippen LogP) is 1.15. The van der Waals surface area contributed by atoms with Gasteiger partial charge in [-0.15, -0.1) is 0 Å². The number of hydrogen-bond donors (Lipinski definition) is 2. The molecule has 0 bridgehead atoms. The van der Waals surface area contributed by atoms with Crippen LogP contribution in [-0.2, 0) is 4.74 Å². The maximum Gasteiger partial charge on any atom is 0.0942 e. The van der Waals surface area contributed by atoms with E-state index in [-0.39, 0.29) is 11.5 Å². The van der Waals surface area contributed by atoms with E-state index in [2.05, 4.69) is 0 Å². The minimum absolute atomic E-state index is 0.207. The highest BCUT2D eigenvalue weighted by Gasteiger charge is 2.45. The van der Waals surface area contributed by atoms with Gasteiger partial charge in [-0.2, -0.15) is 0 Å². The zero-order valence-corrected chi connectivity index (χ0v) is 9.42. The molecular weight excluding hydrogens is 166 g/mol. The van der Waals surface area contributed by atoms with E-state index >= 15 is 0 Å². The number of ether oxygens (including phenoxy) is 1. The molecule has 0 aromatic heterocycles. The second-order valence-electron chi connectivity index (χ2n) is 4.14. The molecule has 13 heavy (non-hydrogen) atoms. The first kappa shape index (κ1) is 12.9. The lowest BCUT2D eigenvalue weighted by atomic mass is 9.70. The van der Waals surface area contributed by atoms with E-state index in [1.807, 2.05) is 20.8 Å². The molecule has 0 fully saturated rings. The first-order chi connectivity index (χ1) is 5.85. The van der Waals surface area contributed by atoms with Gasteiger partial charge in [-0.05, 0) is 20.3 Å². The molecule has 0 aliphatic carbocycles. The topological polar surface area (TPSA) is 55.5 Å². The SMILES string of the molecule is CCC(C)(CN)C(C)(O)C(C)OC. The Bertz CT molecular complexity index is 153. The molecule has 3 nitrogen and oxygen atoms in total. The summed E-state index contributed by atoms with van der Waals surface area (Å²) in [5, 5.41) is 10.3. The van der Waals surface area contributed by atoms with Crippen molar-refractivity contribution in [2.75, 3.05) is 13.7 Å². The van der Waals surface area contributed by atoms with E-state index in [0.29, 0.717) is 6.54 Å². The second-order valence-corrected chi connectivity index (χ2v) is 4.14. The number of rotatable bonds is 5. The molecule has 80 valence electrons. The summed E-state index contributed by atoms with van der Waals surface area (Å²) >= 11 is 0. The van der Waals surface area contributed by atoms with Crippen LogP contribution in [0.5, 0.6) is 0 Å². The molecule has 0 saturated heterocycles. The number of methoxy groups -OCH3 is 1. The fraction of sp³-hybridized carbons (Fsp3) is 1.00. The first-order valence-electron chi connectivity index (χ1n) is 4.81. The fourth-order valence-corrected chi connectivity index (χ4v) is 1.43. The normalized spacial score (nSPS) is 23.3. The van der Waals surface area contributed by atoms with Crippen molar-refractivity contribution in [2.45, 2.75) is 45.8 Å². The molecule has 0 aliphatic heterocycles. The van der Waals surface area contributed by atoms with Crippen molar-refractivity contribution in [3.63, 3.8) is 0 Å². The van der Waals surface area contributed by atoms with Crippen molar-refractivity contribution in [3.8, 4) is 0 Å². The monoisotopic (exact) mass is 189 g/mol. The highest BCUT2D eigenvalue weighted by molar-refractivity contribution is 4.96. The molecule has 0 amide bonds. The summed E-state index contributed by atoms with van der Waals surface area (Å²) in [5.41, 5.74) is 4.51. The summed E-state index contributed by atoms with van der Waals surface area (Å²) in [6.07, 6.45) is 0.630. The Labute approximate surface area is 81.3 Å². The van der Waals surface area contributed by atoms with Crippen LogP contribution in [0.25, 0.3) is 0 Å². The van der Waals surface area contributed by atoms with E-state index in [9.17, 15) is 5.11 Å². The third-order valence-electron chi connectivity index (χ3n) is 3.60. The van der Waals surface area contributed by atoms with Crippen LogP contribution in [0.4, 0.5) is 0 Å². The molecule has 3 atom stereocenters. The van der Waals surface area contributed by atoms with Gasteiger partial charge in [-0.3, -0.25) is 0 Å². The molecular formula is C10H23NO2. The molecule has 3 N–H and O–H groups in total. The van der Waals surface area contributed by atoms with Gasteiger partial charge in [0.1, 0.15) is 0 Å². The fourth-order valence-electron chi connectivity index (χ4n) is 1.43. The summed E-state index contributed by atoms with van der Waals surface area (Å²) in [5.74, 6) is 0. The van der Waals surface area contributed by atoms with Crippen molar-refractivity contribution in [2.24, 2.45) is 11.1 Å². The Hall–Kier alpha value is -0.120. The lowest BCUT2D eigenvalue weighted by Gasteiger charge is -2.44. The van der Waals surface area contributed by atoms with Gasteiger partial charge < -0.3 is 15.6 Å². The summed E-state index contributed by atoms with van der Waals surface area (Å²) in [6.45, 7) is 8.14. The summed E-state index contributed by atoms with van der Waals surface area (Å²) < 4.78 is 5.16. The minimum atomic E-state index is -0.884. The standard InChI is InChI=1S/C10H23NO2/c1-6-9(3,7-11)10(4,12)8(2)13-5/h8,12H,6-7,11H2,1-5H3. The Morgan fingerprint density at radius 3 is 2.15 bits per heavy atom. The van der Waals surface area contributed by atoms with Crippen molar-refractivity contribution < 1.29 is 9.84 Å². The highest BCUT2D eigenvalue weighted by Crippen LogP contribution is 2.36. The molecule has 0 aromatic rings. The molecule has 0 aromatic carbocycles. The zero-order valence-electron chi connectivity index (χ0n) is 9.42. The molecule has 3 heteroatoms. The first-order valence-corrected chi connectivity index (χ1v) is 4.81. The summed E-state index contributed by atoms with van der Waals surface area (Å²) in [6, 6.07) is 0. The van der Waals surface area contributed by atoms with Crippen LogP contribution >= 0.6 is 0 Å². The molecule has 0 saturated carbocycles. The van der Waals surface area contributed by atoms with Crippen LogP contribution in [0, 0.1) is 5.41 Å². The summed E-state index contributed by atoms with van der Waals surface area (Å²) in [7, 11) is 1.60. The third-order valence-corrected chi connectivity index (χ3v) is 3.60. The largest absolute Gasteiger partial charge is 0.387 e. The van der Waals surface area contributed by atoms with Gasteiger partial charge in [0, 0.05) is 19.1 Å². The van der Waals surface area contributed by atoms with Gasteiger partial charge in [0.15, 0.2) is 0 Å². The molecule has 3 unspecified atom stereocenters. The van der Waals surface area contributed by atoms with Gasteiger partial charge in [0.05, 0.1) is 11.7 Å². The van der Waals surface area contributed by atoms with E-state index in [1.165, 1.54) is 0 Å². The maximum atomic E-state index is 10.3. The quantitative estimate of drug-likeness (QED) is 0.682. The molecule has 0 radical (unpaired) electrons. The molecule has 0 heterocycles. The predicted molar refractivity (Wildman–Crippen MR) is 54.5 cm³/mol. The van der Waals surface area contributed by atoms with E-state index in [1.54, 1.807) is 14.0 Å².